The molecular formula is C12H18F3N3. The molecule has 2 N–H and O–H groups in total. The summed E-state index contributed by atoms with van der Waals surface area (Å²) < 4.78 is 36.6. The molecule has 1 heterocycles. The van der Waals surface area contributed by atoms with Crippen molar-refractivity contribution in [1.82, 2.24) is 4.98 Å². The topological polar surface area (TPSA) is 37.0 Å². The van der Waals surface area contributed by atoms with Crippen molar-refractivity contribution < 1.29 is 13.2 Å². The van der Waals surface area contributed by atoms with E-state index in [1.807, 2.05) is 6.92 Å². The highest BCUT2D eigenvalue weighted by atomic mass is 19.4. The van der Waals surface area contributed by atoms with Gasteiger partial charge in [-0.15, -0.1) is 0 Å². The second-order valence-electron chi connectivity index (χ2n) is 4.25. The monoisotopic (exact) mass is 261 g/mol. The Bertz CT molecular complexity index is 366. The lowest BCUT2D eigenvalue weighted by atomic mass is 10.2. The first-order valence-corrected chi connectivity index (χ1v) is 5.93. The van der Waals surface area contributed by atoms with E-state index < -0.39 is 18.6 Å². The summed E-state index contributed by atoms with van der Waals surface area (Å²) in [6, 6.07) is 1.09. The minimum Gasteiger partial charge on any atom is -0.384 e. The lowest BCUT2D eigenvalue weighted by molar-refractivity contribution is -0.136. The summed E-state index contributed by atoms with van der Waals surface area (Å²) >= 11 is 0. The Kier molecular flexibility index (Phi) is 5.25. The van der Waals surface area contributed by atoms with Gasteiger partial charge in [-0.3, -0.25) is 4.98 Å². The number of rotatable bonds is 6. The zero-order chi connectivity index (χ0) is 13.6. The van der Waals surface area contributed by atoms with E-state index in [4.69, 9.17) is 0 Å². The second-order valence-corrected chi connectivity index (χ2v) is 4.25. The van der Waals surface area contributed by atoms with Gasteiger partial charge in [0.1, 0.15) is 0 Å². The van der Waals surface area contributed by atoms with Crippen LogP contribution >= 0.6 is 0 Å². The van der Waals surface area contributed by atoms with Crippen LogP contribution in [-0.2, 0) is 0 Å². The Morgan fingerprint density at radius 1 is 1.28 bits per heavy atom. The molecule has 0 spiro atoms. The standard InChI is InChI=1S/C12H18F3N3/c1-3-4-17-10-5-11(8-16-7-10)18-9(2)6-12(13,14)15/h5,7-9,17-18H,3-4,6H2,1-2H3. The fourth-order valence-electron chi connectivity index (χ4n) is 1.57. The van der Waals surface area contributed by atoms with Crippen molar-refractivity contribution in [1.29, 1.82) is 0 Å². The maximum atomic E-state index is 12.2. The van der Waals surface area contributed by atoms with Crippen molar-refractivity contribution >= 4 is 11.4 Å². The van der Waals surface area contributed by atoms with Crippen LogP contribution in [0.4, 0.5) is 24.5 Å². The average molecular weight is 261 g/mol. The van der Waals surface area contributed by atoms with Gasteiger partial charge in [0, 0.05) is 12.6 Å². The number of nitrogens with zero attached hydrogens (tertiary/aromatic N) is 1. The lowest BCUT2D eigenvalue weighted by Gasteiger charge is -2.17. The van der Waals surface area contributed by atoms with Gasteiger partial charge in [-0.2, -0.15) is 13.2 Å². The maximum Gasteiger partial charge on any atom is 0.391 e. The predicted molar refractivity (Wildman–Crippen MR) is 66.8 cm³/mol. The number of anilines is 2. The van der Waals surface area contributed by atoms with Crippen molar-refractivity contribution in [2.24, 2.45) is 0 Å². The van der Waals surface area contributed by atoms with Gasteiger partial charge in [-0.1, -0.05) is 6.92 Å². The zero-order valence-electron chi connectivity index (χ0n) is 10.5. The Morgan fingerprint density at radius 3 is 2.56 bits per heavy atom. The summed E-state index contributed by atoms with van der Waals surface area (Å²) in [5, 5.41) is 5.92. The molecule has 1 atom stereocenters. The number of nitrogens with one attached hydrogen (secondary N) is 2. The highest BCUT2D eigenvalue weighted by molar-refractivity contribution is 5.54. The fourth-order valence-corrected chi connectivity index (χ4v) is 1.57. The summed E-state index contributed by atoms with van der Waals surface area (Å²) in [5.74, 6) is 0. The van der Waals surface area contributed by atoms with Crippen molar-refractivity contribution in [3.63, 3.8) is 0 Å². The van der Waals surface area contributed by atoms with Crippen LogP contribution in [0, 0.1) is 0 Å². The summed E-state index contributed by atoms with van der Waals surface area (Å²) in [5.41, 5.74) is 1.40. The van der Waals surface area contributed by atoms with E-state index in [1.165, 1.54) is 13.1 Å². The van der Waals surface area contributed by atoms with Crippen molar-refractivity contribution in [3.05, 3.63) is 18.5 Å². The Labute approximate surface area is 105 Å². The van der Waals surface area contributed by atoms with Crippen LogP contribution in [0.3, 0.4) is 0 Å². The molecule has 0 radical (unpaired) electrons. The molecule has 3 nitrogen and oxygen atoms in total. The quantitative estimate of drug-likeness (QED) is 0.820. The van der Waals surface area contributed by atoms with Crippen LogP contribution in [-0.4, -0.2) is 23.7 Å². The van der Waals surface area contributed by atoms with Crippen molar-refractivity contribution in [3.8, 4) is 0 Å². The van der Waals surface area contributed by atoms with Crippen molar-refractivity contribution in [2.75, 3.05) is 17.2 Å². The molecular weight excluding hydrogens is 243 g/mol. The smallest absolute Gasteiger partial charge is 0.384 e. The predicted octanol–water partition coefficient (Wildman–Crippen LogP) is 3.66. The summed E-state index contributed by atoms with van der Waals surface area (Å²) in [7, 11) is 0. The minimum absolute atomic E-state index is 0.591. The van der Waals surface area contributed by atoms with Gasteiger partial charge in [0.15, 0.2) is 0 Å². The number of aromatic nitrogens is 1. The molecule has 0 fully saturated rings. The largest absolute Gasteiger partial charge is 0.391 e. The first-order chi connectivity index (χ1) is 8.40. The number of alkyl halides is 3. The van der Waals surface area contributed by atoms with Gasteiger partial charge in [0.2, 0.25) is 0 Å². The highest BCUT2D eigenvalue weighted by Crippen LogP contribution is 2.23. The van der Waals surface area contributed by atoms with Crippen LogP contribution in [0.25, 0.3) is 0 Å². The average Bonchev–Trinajstić information content (AvgIpc) is 2.24. The molecule has 0 aliphatic rings. The molecule has 0 aromatic carbocycles. The summed E-state index contributed by atoms with van der Waals surface area (Å²) in [6.45, 7) is 4.34. The number of halogens is 3. The molecule has 102 valence electrons. The Hall–Kier alpha value is -1.46. The Morgan fingerprint density at radius 2 is 1.94 bits per heavy atom. The van der Waals surface area contributed by atoms with Gasteiger partial charge >= 0.3 is 6.18 Å². The van der Waals surface area contributed by atoms with Crippen LogP contribution in [0.5, 0.6) is 0 Å². The normalized spacial score (nSPS) is 13.2. The molecule has 18 heavy (non-hydrogen) atoms. The molecule has 1 aromatic rings. The van der Waals surface area contributed by atoms with Gasteiger partial charge in [-0.25, -0.2) is 0 Å². The zero-order valence-corrected chi connectivity index (χ0v) is 10.5. The van der Waals surface area contributed by atoms with Crippen LogP contribution in [0.2, 0.25) is 0 Å². The molecule has 0 aliphatic heterocycles. The molecule has 0 amide bonds. The second kappa shape index (κ2) is 6.47. The summed E-state index contributed by atoms with van der Waals surface area (Å²) in [6.07, 6.45) is -0.876. The molecule has 1 unspecified atom stereocenters. The van der Waals surface area contributed by atoms with Gasteiger partial charge in [0.25, 0.3) is 0 Å². The maximum absolute atomic E-state index is 12.2. The van der Waals surface area contributed by atoms with Crippen LogP contribution in [0.15, 0.2) is 18.5 Å². The number of hydrogen-bond acceptors (Lipinski definition) is 3. The highest BCUT2D eigenvalue weighted by Gasteiger charge is 2.29. The minimum atomic E-state index is -4.15. The molecule has 0 aliphatic carbocycles. The third-order valence-electron chi connectivity index (χ3n) is 2.27. The lowest BCUT2D eigenvalue weighted by Crippen LogP contribution is -2.23. The van der Waals surface area contributed by atoms with Gasteiger partial charge < -0.3 is 10.6 Å². The molecule has 0 bridgehead atoms. The molecule has 0 saturated carbocycles. The van der Waals surface area contributed by atoms with Crippen LogP contribution < -0.4 is 10.6 Å². The molecule has 1 aromatic heterocycles. The third-order valence-corrected chi connectivity index (χ3v) is 2.27. The van der Waals surface area contributed by atoms with Gasteiger partial charge in [-0.05, 0) is 19.4 Å². The van der Waals surface area contributed by atoms with E-state index in [-0.39, 0.29) is 0 Å². The van der Waals surface area contributed by atoms with Crippen molar-refractivity contribution in [2.45, 2.75) is 38.9 Å². The number of pyridine rings is 1. The van der Waals surface area contributed by atoms with E-state index in [1.54, 1.807) is 12.3 Å². The third kappa shape index (κ3) is 5.75. The van der Waals surface area contributed by atoms with E-state index in [0.717, 1.165) is 18.7 Å². The first kappa shape index (κ1) is 14.6. The SMILES string of the molecule is CCCNc1cncc(NC(C)CC(F)(F)F)c1. The van der Waals surface area contributed by atoms with E-state index in [0.29, 0.717) is 5.69 Å². The molecule has 0 saturated heterocycles. The summed E-state index contributed by atoms with van der Waals surface area (Å²) in [4.78, 5) is 3.98. The van der Waals surface area contributed by atoms with E-state index >= 15 is 0 Å². The van der Waals surface area contributed by atoms with Crippen LogP contribution in [0.1, 0.15) is 26.7 Å². The van der Waals surface area contributed by atoms with E-state index in [2.05, 4.69) is 15.6 Å². The molecule has 1 rings (SSSR count). The van der Waals surface area contributed by atoms with E-state index in [9.17, 15) is 13.2 Å². The first-order valence-electron chi connectivity index (χ1n) is 5.93. The molecule has 6 heteroatoms. The van der Waals surface area contributed by atoms with Gasteiger partial charge in [0.05, 0.1) is 30.2 Å². The Balaban J connectivity index is 2.56. The fraction of sp³-hybridized carbons (Fsp3) is 0.583. The number of hydrogen-bond donors (Lipinski definition) is 2.